The normalized spacial score (nSPS) is 11.5. The molecule has 21 heavy (non-hydrogen) atoms. The Morgan fingerprint density at radius 1 is 1.05 bits per heavy atom. The van der Waals surface area contributed by atoms with Gasteiger partial charge in [0.15, 0.2) is 11.0 Å². The van der Waals surface area contributed by atoms with E-state index in [1.807, 2.05) is 0 Å². The number of hydrogen-bond acceptors (Lipinski definition) is 0. The van der Waals surface area contributed by atoms with Gasteiger partial charge in [0.25, 0.3) is 5.82 Å². The summed E-state index contributed by atoms with van der Waals surface area (Å²) in [5.74, 6) is 1.81. The van der Waals surface area contributed by atoms with E-state index in [-0.39, 0.29) is 0 Å². The van der Waals surface area contributed by atoms with E-state index in [1.165, 1.54) is 33.5 Å². The van der Waals surface area contributed by atoms with Crippen LogP contribution in [0.5, 0.6) is 0 Å². The van der Waals surface area contributed by atoms with Gasteiger partial charge in [0, 0.05) is 0 Å². The highest BCUT2D eigenvalue weighted by Gasteiger charge is 2.23. The van der Waals surface area contributed by atoms with Crippen molar-refractivity contribution < 1.29 is 4.57 Å². The molecule has 0 aliphatic rings. The van der Waals surface area contributed by atoms with E-state index < -0.39 is 0 Å². The lowest BCUT2D eigenvalue weighted by atomic mass is 9.97. The first-order valence-corrected chi connectivity index (χ1v) is 7.55. The van der Waals surface area contributed by atoms with Crippen LogP contribution in [0.15, 0.2) is 42.5 Å². The van der Waals surface area contributed by atoms with Gasteiger partial charge < -0.3 is 0 Å². The van der Waals surface area contributed by atoms with Crippen LogP contribution < -0.4 is 4.57 Å². The topological polar surface area (TPSA) is 8.81 Å². The van der Waals surface area contributed by atoms with Gasteiger partial charge >= 0.3 is 0 Å². The molecule has 0 saturated carbocycles. The molecule has 1 aromatic heterocycles. The van der Waals surface area contributed by atoms with Crippen LogP contribution in [-0.2, 0) is 14.1 Å². The number of benzene rings is 2. The highest BCUT2D eigenvalue weighted by atomic mass is 15.1. The lowest BCUT2D eigenvalue weighted by molar-refractivity contribution is -0.634. The predicted octanol–water partition coefficient (Wildman–Crippen LogP) is 4.10. The number of aromatic nitrogens is 2. The standard InChI is InChI=1S/C19H23N2/c1-13(2)15-11-10-14(3)16(12-15)19-20(4)17-8-6-7-9-18(17)21(19)5/h6-13H,1-5H3/q+1. The molecule has 0 spiro atoms. The van der Waals surface area contributed by atoms with Crippen LogP contribution in [0.1, 0.15) is 30.9 Å². The fourth-order valence-corrected chi connectivity index (χ4v) is 3.09. The second-order valence-electron chi connectivity index (χ2n) is 6.16. The number of nitrogens with zero attached hydrogens (tertiary/aromatic N) is 2. The molecule has 1 heterocycles. The minimum Gasteiger partial charge on any atom is -0.226 e. The highest BCUT2D eigenvalue weighted by Crippen LogP contribution is 2.27. The summed E-state index contributed by atoms with van der Waals surface area (Å²) in [5, 5.41) is 0. The van der Waals surface area contributed by atoms with E-state index in [0.29, 0.717) is 5.92 Å². The van der Waals surface area contributed by atoms with Gasteiger partial charge in [-0.3, -0.25) is 0 Å². The van der Waals surface area contributed by atoms with Crippen LogP contribution in [0.2, 0.25) is 0 Å². The van der Waals surface area contributed by atoms with Crippen molar-refractivity contribution >= 4 is 11.0 Å². The van der Waals surface area contributed by atoms with Crippen molar-refractivity contribution in [1.82, 2.24) is 4.57 Å². The third-order valence-electron chi connectivity index (χ3n) is 4.41. The van der Waals surface area contributed by atoms with Gasteiger partial charge in [-0.15, -0.1) is 0 Å². The smallest absolute Gasteiger partial charge is 0.226 e. The second-order valence-corrected chi connectivity index (χ2v) is 6.16. The summed E-state index contributed by atoms with van der Waals surface area (Å²) in [5.41, 5.74) is 6.57. The van der Waals surface area contributed by atoms with E-state index in [0.717, 1.165) is 0 Å². The first-order chi connectivity index (χ1) is 10.0. The average molecular weight is 279 g/mol. The lowest BCUT2D eigenvalue weighted by Crippen LogP contribution is -2.30. The molecule has 0 N–H and O–H groups in total. The molecule has 0 amide bonds. The summed E-state index contributed by atoms with van der Waals surface area (Å²) in [6.07, 6.45) is 0. The summed E-state index contributed by atoms with van der Waals surface area (Å²) < 4.78 is 4.59. The van der Waals surface area contributed by atoms with E-state index in [4.69, 9.17) is 0 Å². The molecule has 3 aromatic rings. The molecule has 3 rings (SSSR count). The molecule has 0 saturated heterocycles. The Bertz CT molecular complexity index is 771. The van der Waals surface area contributed by atoms with Crippen LogP contribution in [0, 0.1) is 6.92 Å². The average Bonchev–Trinajstić information content (AvgIpc) is 2.72. The molecule has 0 atom stereocenters. The van der Waals surface area contributed by atoms with Crippen molar-refractivity contribution in [3.63, 3.8) is 0 Å². The van der Waals surface area contributed by atoms with Crippen molar-refractivity contribution in [3.05, 3.63) is 53.6 Å². The maximum Gasteiger partial charge on any atom is 0.289 e. The monoisotopic (exact) mass is 279 g/mol. The van der Waals surface area contributed by atoms with E-state index in [2.05, 4.69) is 86.5 Å². The maximum absolute atomic E-state index is 2.34. The maximum atomic E-state index is 2.34. The minimum atomic E-state index is 0.546. The van der Waals surface area contributed by atoms with E-state index in [9.17, 15) is 0 Å². The molecule has 0 aliphatic heterocycles. The van der Waals surface area contributed by atoms with Crippen LogP contribution in [-0.4, -0.2) is 4.57 Å². The van der Waals surface area contributed by atoms with Gasteiger partial charge in [-0.05, 0) is 42.2 Å². The van der Waals surface area contributed by atoms with Crippen LogP contribution >= 0.6 is 0 Å². The molecule has 0 bridgehead atoms. The van der Waals surface area contributed by atoms with Crippen molar-refractivity contribution in [1.29, 1.82) is 0 Å². The fraction of sp³-hybridized carbons (Fsp3) is 0.316. The summed E-state index contributed by atoms with van der Waals surface area (Å²) in [6.45, 7) is 6.68. The zero-order valence-corrected chi connectivity index (χ0v) is 13.5. The Morgan fingerprint density at radius 2 is 1.76 bits per heavy atom. The van der Waals surface area contributed by atoms with Crippen molar-refractivity contribution in [2.45, 2.75) is 26.7 Å². The Kier molecular flexibility index (Phi) is 3.32. The first-order valence-electron chi connectivity index (χ1n) is 7.55. The zero-order chi connectivity index (χ0) is 15.1. The molecule has 0 fully saturated rings. The Balaban J connectivity index is 2.33. The van der Waals surface area contributed by atoms with Gasteiger partial charge in [-0.1, -0.05) is 38.1 Å². The number of imidazole rings is 1. The quantitative estimate of drug-likeness (QED) is 0.624. The second kappa shape index (κ2) is 5.03. The van der Waals surface area contributed by atoms with Crippen molar-refractivity contribution in [3.8, 4) is 11.4 Å². The third-order valence-corrected chi connectivity index (χ3v) is 4.41. The molecular weight excluding hydrogens is 256 g/mol. The van der Waals surface area contributed by atoms with Gasteiger partial charge in [0.2, 0.25) is 0 Å². The largest absolute Gasteiger partial charge is 0.289 e. The van der Waals surface area contributed by atoms with E-state index >= 15 is 0 Å². The van der Waals surface area contributed by atoms with Gasteiger partial charge in [-0.2, -0.15) is 0 Å². The predicted molar refractivity (Wildman–Crippen MR) is 88.4 cm³/mol. The number of fused-ring (bicyclic) bond motifs is 1. The summed E-state index contributed by atoms with van der Waals surface area (Å²) in [6, 6.07) is 15.4. The van der Waals surface area contributed by atoms with Crippen molar-refractivity contribution in [2.75, 3.05) is 0 Å². The van der Waals surface area contributed by atoms with Gasteiger partial charge in [0.1, 0.15) is 0 Å². The molecule has 0 radical (unpaired) electrons. The lowest BCUT2D eigenvalue weighted by Gasteiger charge is -2.09. The van der Waals surface area contributed by atoms with Crippen LogP contribution in [0.4, 0.5) is 0 Å². The molecule has 0 unspecified atom stereocenters. The van der Waals surface area contributed by atoms with Crippen LogP contribution in [0.3, 0.4) is 0 Å². The van der Waals surface area contributed by atoms with Crippen molar-refractivity contribution in [2.24, 2.45) is 14.1 Å². The van der Waals surface area contributed by atoms with Gasteiger partial charge in [-0.25, -0.2) is 9.13 Å². The molecular formula is C19H23N2+. The Labute approximate surface area is 126 Å². The molecule has 2 heteroatoms. The van der Waals surface area contributed by atoms with Crippen LogP contribution in [0.25, 0.3) is 22.4 Å². The summed E-state index contributed by atoms with van der Waals surface area (Å²) >= 11 is 0. The highest BCUT2D eigenvalue weighted by molar-refractivity contribution is 5.76. The number of aryl methyl sites for hydroxylation is 3. The summed E-state index contributed by atoms with van der Waals surface area (Å²) in [4.78, 5) is 0. The minimum absolute atomic E-state index is 0.546. The zero-order valence-electron chi connectivity index (χ0n) is 13.5. The first kappa shape index (κ1) is 13.9. The molecule has 108 valence electrons. The fourth-order valence-electron chi connectivity index (χ4n) is 3.09. The Morgan fingerprint density at radius 3 is 2.43 bits per heavy atom. The molecule has 2 nitrogen and oxygen atoms in total. The number of hydrogen-bond donors (Lipinski definition) is 0. The number of rotatable bonds is 2. The van der Waals surface area contributed by atoms with Gasteiger partial charge in [0.05, 0.1) is 19.7 Å². The third kappa shape index (κ3) is 2.15. The Hall–Kier alpha value is -2.09. The van der Waals surface area contributed by atoms with E-state index in [1.54, 1.807) is 0 Å². The molecule has 2 aromatic carbocycles. The number of para-hydroxylation sites is 2. The summed E-state index contributed by atoms with van der Waals surface area (Å²) in [7, 11) is 4.30. The molecule has 0 aliphatic carbocycles. The SMILES string of the molecule is Cc1ccc(C(C)C)cc1-c1n(C)c2ccccc2[n+]1C.